The number of ether oxygens (including phenoxy) is 1. The van der Waals surface area contributed by atoms with E-state index < -0.39 is 0 Å². The molecule has 106 valence electrons. The van der Waals surface area contributed by atoms with Crippen molar-refractivity contribution in [3.05, 3.63) is 29.8 Å². The smallest absolute Gasteiger partial charge is 0.191 e. The Hall–Kier alpha value is -1.71. The standard InChI is InChI=1S/C15H25N3O/c1-11(2)18-15(16-5)17-10-13(4)19-14-8-6-7-12(3)9-14/h6-9,11,13H,10H2,1-5H3,(H2,16,17,18). The van der Waals surface area contributed by atoms with Crippen molar-refractivity contribution >= 4 is 5.96 Å². The molecule has 1 aromatic rings. The van der Waals surface area contributed by atoms with Crippen LogP contribution < -0.4 is 15.4 Å². The van der Waals surface area contributed by atoms with Gasteiger partial charge in [0, 0.05) is 13.1 Å². The number of aliphatic imine (C=N–C) groups is 1. The number of hydrogen-bond acceptors (Lipinski definition) is 2. The van der Waals surface area contributed by atoms with Gasteiger partial charge in [0.2, 0.25) is 0 Å². The number of nitrogens with zero attached hydrogens (tertiary/aromatic N) is 1. The van der Waals surface area contributed by atoms with Crippen molar-refractivity contribution in [1.82, 2.24) is 10.6 Å². The van der Waals surface area contributed by atoms with Crippen molar-refractivity contribution < 1.29 is 4.74 Å². The van der Waals surface area contributed by atoms with E-state index in [9.17, 15) is 0 Å². The van der Waals surface area contributed by atoms with Crippen LogP contribution in [0.3, 0.4) is 0 Å². The molecule has 0 aliphatic rings. The van der Waals surface area contributed by atoms with E-state index in [1.165, 1.54) is 5.56 Å². The maximum absolute atomic E-state index is 5.85. The second-order valence-corrected chi connectivity index (χ2v) is 5.00. The fraction of sp³-hybridized carbons (Fsp3) is 0.533. The van der Waals surface area contributed by atoms with Gasteiger partial charge < -0.3 is 15.4 Å². The third-order valence-electron chi connectivity index (χ3n) is 2.53. The first-order valence-electron chi connectivity index (χ1n) is 6.71. The van der Waals surface area contributed by atoms with Crippen molar-refractivity contribution in [3.63, 3.8) is 0 Å². The molecule has 0 aliphatic carbocycles. The Bertz CT molecular complexity index is 416. The quantitative estimate of drug-likeness (QED) is 0.633. The zero-order valence-electron chi connectivity index (χ0n) is 12.5. The van der Waals surface area contributed by atoms with Crippen LogP contribution in [-0.2, 0) is 0 Å². The molecule has 4 nitrogen and oxygen atoms in total. The predicted molar refractivity (Wildman–Crippen MR) is 80.9 cm³/mol. The van der Waals surface area contributed by atoms with Gasteiger partial charge >= 0.3 is 0 Å². The van der Waals surface area contributed by atoms with Gasteiger partial charge in [-0.3, -0.25) is 4.99 Å². The lowest BCUT2D eigenvalue weighted by Gasteiger charge is -2.19. The van der Waals surface area contributed by atoms with E-state index >= 15 is 0 Å². The summed E-state index contributed by atoms with van der Waals surface area (Å²) in [4.78, 5) is 4.16. The Morgan fingerprint density at radius 1 is 1.32 bits per heavy atom. The van der Waals surface area contributed by atoms with E-state index in [1.807, 2.05) is 25.1 Å². The lowest BCUT2D eigenvalue weighted by Crippen LogP contribution is -2.44. The Morgan fingerprint density at radius 3 is 2.63 bits per heavy atom. The van der Waals surface area contributed by atoms with Gasteiger partial charge in [0.15, 0.2) is 5.96 Å². The SMILES string of the molecule is CN=C(NCC(C)Oc1cccc(C)c1)NC(C)C. The first kappa shape index (κ1) is 15.3. The largest absolute Gasteiger partial charge is 0.489 e. The van der Waals surface area contributed by atoms with Crippen LogP contribution in [0.5, 0.6) is 5.75 Å². The van der Waals surface area contributed by atoms with Gasteiger partial charge in [-0.1, -0.05) is 12.1 Å². The maximum atomic E-state index is 5.85. The van der Waals surface area contributed by atoms with Gasteiger partial charge in [-0.2, -0.15) is 0 Å². The molecule has 0 aliphatic heterocycles. The van der Waals surface area contributed by atoms with Crippen molar-refractivity contribution in [2.24, 2.45) is 4.99 Å². The van der Waals surface area contributed by atoms with Crippen LogP contribution in [0.2, 0.25) is 0 Å². The molecular formula is C15H25N3O. The molecule has 0 fully saturated rings. The van der Waals surface area contributed by atoms with Crippen molar-refractivity contribution in [1.29, 1.82) is 0 Å². The third kappa shape index (κ3) is 6.13. The summed E-state index contributed by atoms with van der Waals surface area (Å²) in [5.74, 6) is 1.70. The second kappa shape index (κ2) is 7.67. The van der Waals surface area contributed by atoms with E-state index in [4.69, 9.17) is 4.74 Å². The Labute approximate surface area is 116 Å². The van der Waals surface area contributed by atoms with Crippen LogP contribution >= 0.6 is 0 Å². The summed E-state index contributed by atoms with van der Waals surface area (Å²) >= 11 is 0. The molecule has 0 heterocycles. The molecule has 0 spiro atoms. The fourth-order valence-corrected chi connectivity index (χ4v) is 1.67. The first-order valence-corrected chi connectivity index (χ1v) is 6.71. The normalized spacial score (nSPS) is 13.3. The number of guanidine groups is 1. The highest BCUT2D eigenvalue weighted by atomic mass is 16.5. The van der Waals surface area contributed by atoms with E-state index in [0.29, 0.717) is 12.6 Å². The topological polar surface area (TPSA) is 45.7 Å². The molecule has 0 amide bonds. The Morgan fingerprint density at radius 2 is 2.05 bits per heavy atom. The van der Waals surface area contributed by atoms with Crippen molar-refractivity contribution in [3.8, 4) is 5.75 Å². The second-order valence-electron chi connectivity index (χ2n) is 5.00. The van der Waals surface area contributed by atoms with E-state index in [1.54, 1.807) is 7.05 Å². The van der Waals surface area contributed by atoms with Gasteiger partial charge in [0.1, 0.15) is 11.9 Å². The fourth-order valence-electron chi connectivity index (χ4n) is 1.67. The number of rotatable bonds is 5. The Balaban J connectivity index is 2.41. The van der Waals surface area contributed by atoms with Gasteiger partial charge in [-0.15, -0.1) is 0 Å². The van der Waals surface area contributed by atoms with E-state index in [-0.39, 0.29) is 6.10 Å². The molecule has 19 heavy (non-hydrogen) atoms. The monoisotopic (exact) mass is 263 g/mol. The summed E-state index contributed by atoms with van der Waals surface area (Å²) in [5.41, 5.74) is 1.20. The lowest BCUT2D eigenvalue weighted by atomic mass is 10.2. The highest BCUT2D eigenvalue weighted by Crippen LogP contribution is 2.13. The zero-order valence-corrected chi connectivity index (χ0v) is 12.5. The average Bonchev–Trinajstić information content (AvgIpc) is 2.34. The van der Waals surface area contributed by atoms with Crippen LogP contribution in [0.15, 0.2) is 29.3 Å². The van der Waals surface area contributed by atoms with Crippen molar-refractivity contribution in [2.45, 2.75) is 39.8 Å². The molecule has 0 saturated carbocycles. The molecule has 0 saturated heterocycles. The molecule has 1 atom stereocenters. The zero-order chi connectivity index (χ0) is 14.3. The summed E-state index contributed by atoms with van der Waals surface area (Å²) in [5, 5.41) is 6.49. The molecule has 4 heteroatoms. The molecule has 2 N–H and O–H groups in total. The minimum Gasteiger partial charge on any atom is -0.489 e. The third-order valence-corrected chi connectivity index (χ3v) is 2.53. The minimum atomic E-state index is 0.0764. The number of nitrogens with one attached hydrogen (secondary N) is 2. The summed E-state index contributed by atoms with van der Waals surface area (Å²) < 4.78 is 5.85. The first-order chi connectivity index (χ1) is 9.01. The lowest BCUT2D eigenvalue weighted by molar-refractivity contribution is 0.223. The summed E-state index contributed by atoms with van der Waals surface area (Å²) in [7, 11) is 1.77. The van der Waals surface area contributed by atoms with Gasteiger partial charge in [-0.25, -0.2) is 0 Å². The van der Waals surface area contributed by atoms with Gasteiger partial charge in [0.25, 0.3) is 0 Å². The predicted octanol–water partition coefficient (Wildman–Crippen LogP) is 2.34. The summed E-state index contributed by atoms with van der Waals surface area (Å²) in [6.45, 7) is 8.97. The molecule has 0 aromatic heterocycles. The van der Waals surface area contributed by atoms with Gasteiger partial charge in [-0.05, 0) is 45.4 Å². The van der Waals surface area contributed by atoms with Crippen LogP contribution in [0, 0.1) is 6.92 Å². The minimum absolute atomic E-state index is 0.0764. The Kier molecular flexibility index (Phi) is 6.19. The van der Waals surface area contributed by atoms with Crippen LogP contribution in [0.4, 0.5) is 0 Å². The molecule has 0 radical (unpaired) electrons. The van der Waals surface area contributed by atoms with E-state index in [0.717, 1.165) is 11.7 Å². The molecule has 0 bridgehead atoms. The highest BCUT2D eigenvalue weighted by Gasteiger charge is 2.06. The van der Waals surface area contributed by atoms with Crippen LogP contribution in [0.1, 0.15) is 26.3 Å². The molecule has 1 aromatic carbocycles. The average molecular weight is 263 g/mol. The number of hydrogen-bond donors (Lipinski definition) is 2. The highest BCUT2D eigenvalue weighted by molar-refractivity contribution is 5.79. The molecule has 1 rings (SSSR count). The van der Waals surface area contributed by atoms with Gasteiger partial charge in [0.05, 0.1) is 6.54 Å². The van der Waals surface area contributed by atoms with Crippen LogP contribution in [0.25, 0.3) is 0 Å². The van der Waals surface area contributed by atoms with E-state index in [2.05, 4.69) is 42.5 Å². The maximum Gasteiger partial charge on any atom is 0.191 e. The summed E-state index contributed by atoms with van der Waals surface area (Å²) in [6.07, 6.45) is 0.0764. The van der Waals surface area contributed by atoms with Crippen LogP contribution in [-0.4, -0.2) is 31.7 Å². The molecular weight excluding hydrogens is 238 g/mol. The number of aryl methyl sites for hydroxylation is 1. The summed E-state index contributed by atoms with van der Waals surface area (Å²) in [6, 6.07) is 8.44. The van der Waals surface area contributed by atoms with Crippen molar-refractivity contribution in [2.75, 3.05) is 13.6 Å². The number of benzene rings is 1. The molecule has 1 unspecified atom stereocenters.